The van der Waals surface area contributed by atoms with Gasteiger partial charge in [0.15, 0.2) is 12.1 Å². The van der Waals surface area contributed by atoms with Crippen molar-refractivity contribution >= 4 is 11.8 Å². The van der Waals surface area contributed by atoms with Gasteiger partial charge in [0.05, 0.1) is 36.9 Å². The van der Waals surface area contributed by atoms with Gasteiger partial charge in [-0.3, -0.25) is 9.59 Å². The Bertz CT molecular complexity index is 1150. The minimum absolute atomic E-state index is 0.0201. The lowest BCUT2D eigenvalue weighted by Crippen LogP contribution is -2.63. The van der Waals surface area contributed by atoms with E-state index in [1.165, 1.54) is 6.42 Å². The lowest BCUT2D eigenvalue weighted by Gasteiger charge is -2.47. The van der Waals surface area contributed by atoms with E-state index < -0.39 is 60.8 Å². The maximum absolute atomic E-state index is 13.8. The van der Waals surface area contributed by atoms with Crippen LogP contribution in [0.3, 0.4) is 0 Å². The SMILES string of the molecule is CCCN(CCC)C[C@H]1/C=C(C)/C=C/C(=O)[C@H](C)C[C@H](CCN2CCCCC2)[C@H](O[C@@H]2O[C@H](C)[C@@H](O)[C@H](N(C)C)[C@H]2O)[C@@H](C)[C@H](O)CC(=O)O[C@@H]1CC. The van der Waals surface area contributed by atoms with E-state index in [2.05, 4.69) is 29.7 Å². The number of rotatable bonds is 13. The molecule has 0 radical (unpaired) electrons. The summed E-state index contributed by atoms with van der Waals surface area (Å²) in [7, 11) is 3.60. The van der Waals surface area contributed by atoms with Crippen LogP contribution in [-0.2, 0) is 23.8 Å². The van der Waals surface area contributed by atoms with E-state index >= 15 is 0 Å². The molecule has 3 rings (SSSR count). The van der Waals surface area contributed by atoms with Crippen molar-refractivity contribution < 1.29 is 39.1 Å². The first kappa shape index (κ1) is 45.7. The smallest absolute Gasteiger partial charge is 0.308 e. The average Bonchev–Trinajstić information content (AvgIpc) is 3.11. The summed E-state index contributed by atoms with van der Waals surface area (Å²) in [6.45, 7) is 19.4. The van der Waals surface area contributed by atoms with Gasteiger partial charge in [0.2, 0.25) is 0 Å². The fourth-order valence-corrected chi connectivity index (χ4v) is 8.61. The van der Waals surface area contributed by atoms with Crippen LogP contribution in [-0.4, -0.2) is 144 Å². The minimum Gasteiger partial charge on any atom is -0.462 e. The van der Waals surface area contributed by atoms with E-state index in [0.717, 1.165) is 70.5 Å². The maximum atomic E-state index is 13.8. The van der Waals surface area contributed by atoms with Gasteiger partial charge in [-0.25, -0.2) is 0 Å². The number of likely N-dealkylation sites (N-methyl/N-ethyl adjacent to an activating group) is 1. The highest BCUT2D eigenvalue weighted by atomic mass is 16.7. The third-order valence-electron chi connectivity index (χ3n) is 11.8. The third-order valence-corrected chi connectivity index (χ3v) is 11.8. The Morgan fingerprint density at radius 1 is 0.943 bits per heavy atom. The standard InChI is InChI=1S/C42H75N3O8/c1-10-19-45(20-11-2)27-33-24-28(4)16-17-34(46)29(5)25-32(18-23-44-21-14-13-15-22-44)41(30(6)35(47)26-37(48)52-36(33)12-3)53-42-40(50)38(43(8)9)39(49)31(7)51-42/h16-17,24,29-33,35-36,38-42,47,49-50H,10-15,18-23,25-27H2,1-9H3/b17-16+,28-24+/t29-,30+,31-,32+,33-,35-,36-,38+,39-,40-,41-,42+/m1/s1. The molecule has 0 aromatic carbocycles. The first-order valence-corrected chi connectivity index (χ1v) is 20.8. The van der Waals surface area contributed by atoms with Gasteiger partial charge < -0.3 is 44.2 Å². The highest BCUT2D eigenvalue weighted by molar-refractivity contribution is 5.91. The van der Waals surface area contributed by atoms with E-state index in [9.17, 15) is 24.9 Å². The minimum atomic E-state index is -1.17. The number of hydrogen-bond acceptors (Lipinski definition) is 11. The normalized spacial score (nSPS) is 37.7. The Morgan fingerprint density at radius 3 is 2.21 bits per heavy atom. The number of nitrogens with zero attached hydrogens (tertiary/aromatic N) is 3. The molecule has 11 heteroatoms. The molecule has 12 atom stereocenters. The number of ether oxygens (including phenoxy) is 3. The van der Waals surface area contributed by atoms with Gasteiger partial charge in [0.25, 0.3) is 0 Å². The predicted molar refractivity (Wildman–Crippen MR) is 209 cm³/mol. The van der Waals surface area contributed by atoms with Gasteiger partial charge in [-0.05, 0) is 118 Å². The fourth-order valence-electron chi connectivity index (χ4n) is 8.61. The van der Waals surface area contributed by atoms with Crippen molar-refractivity contribution in [3.63, 3.8) is 0 Å². The molecule has 11 nitrogen and oxygen atoms in total. The Morgan fingerprint density at radius 2 is 1.60 bits per heavy atom. The van der Waals surface area contributed by atoms with Crippen LogP contribution >= 0.6 is 0 Å². The molecule has 0 unspecified atom stereocenters. The summed E-state index contributed by atoms with van der Waals surface area (Å²) in [5.74, 6) is -1.65. The lowest BCUT2D eigenvalue weighted by molar-refractivity contribution is -0.304. The molecule has 0 saturated carbocycles. The van der Waals surface area contributed by atoms with Crippen molar-refractivity contribution in [2.24, 2.45) is 23.7 Å². The van der Waals surface area contributed by atoms with Crippen LogP contribution in [0.4, 0.5) is 0 Å². The molecule has 0 amide bonds. The van der Waals surface area contributed by atoms with Crippen LogP contribution in [0, 0.1) is 23.7 Å². The quantitative estimate of drug-likeness (QED) is 0.224. The maximum Gasteiger partial charge on any atom is 0.308 e. The average molecular weight is 750 g/mol. The summed E-state index contributed by atoms with van der Waals surface area (Å²) >= 11 is 0. The molecule has 53 heavy (non-hydrogen) atoms. The van der Waals surface area contributed by atoms with Crippen LogP contribution in [0.25, 0.3) is 0 Å². The summed E-state index contributed by atoms with van der Waals surface area (Å²) in [6.07, 6.45) is 6.86. The molecule has 0 aromatic rings. The predicted octanol–water partition coefficient (Wildman–Crippen LogP) is 4.82. The van der Waals surface area contributed by atoms with E-state index in [-0.39, 0.29) is 30.0 Å². The number of esters is 1. The number of ketones is 1. The largest absolute Gasteiger partial charge is 0.462 e. The second kappa shape index (κ2) is 22.8. The highest BCUT2D eigenvalue weighted by Crippen LogP contribution is 2.35. The van der Waals surface area contributed by atoms with Crippen LogP contribution in [0.1, 0.15) is 106 Å². The first-order chi connectivity index (χ1) is 25.2. The number of allylic oxidation sites excluding steroid dienone is 3. The van der Waals surface area contributed by atoms with E-state index in [0.29, 0.717) is 19.3 Å². The van der Waals surface area contributed by atoms with Crippen molar-refractivity contribution in [3.05, 3.63) is 23.8 Å². The Kier molecular flexibility index (Phi) is 19.6. The Hall–Kier alpha value is -1.70. The molecule has 0 bridgehead atoms. The van der Waals surface area contributed by atoms with Gasteiger partial charge >= 0.3 is 5.97 Å². The molecule has 2 fully saturated rings. The van der Waals surface area contributed by atoms with Crippen molar-refractivity contribution in [3.8, 4) is 0 Å². The molecule has 3 aliphatic heterocycles. The molecule has 2 saturated heterocycles. The topological polar surface area (TPSA) is 132 Å². The summed E-state index contributed by atoms with van der Waals surface area (Å²) < 4.78 is 19.1. The number of cyclic esters (lactones) is 1. The molecular formula is C42H75N3O8. The second-order valence-corrected chi connectivity index (χ2v) is 16.5. The number of carbonyl (C=O) groups is 2. The zero-order valence-corrected chi connectivity index (χ0v) is 34.5. The molecule has 3 N–H and O–H groups in total. The fraction of sp³-hybridized carbons (Fsp3) is 0.857. The molecule has 3 aliphatic rings. The first-order valence-electron chi connectivity index (χ1n) is 20.8. The zero-order chi connectivity index (χ0) is 39.2. The highest BCUT2D eigenvalue weighted by Gasteiger charge is 2.47. The van der Waals surface area contributed by atoms with Crippen molar-refractivity contribution in [1.29, 1.82) is 0 Å². The van der Waals surface area contributed by atoms with Crippen molar-refractivity contribution in [2.75, 3.05) is 53.4 Å². The number of aliphatic hydroxyl groups excluding tert-OH is 3. The van der Waals surface area contributed by atoms with Crippen LogP contribution in [0.2, 0.25) is 0 Å². The zero-order valence-electron chi connectivity index (χ0n) is 34.5. The molecule has 0 spiro atoms. The second-order valence-electron chi connectivity index (χ2n) is 16.5. The summed E-state index contributed by atoms with van der Waals surface area (Å²) in [4.78, 5) is 34.1. The molecular weight excluding hydrogens is 674 g/mol. The summed E-state index contributed by atoms with van der Waals surface area (Å²) in [6, 6.07) is -0.636. The molecule has 0 aromatic heterocycles. The van der Waals surface area contributed by atoms with E-state index in [1.807, 2.05) is 33.8 Å². The van der Waals surface area contributed by atoms with Gasteiger partial charge in [0.1, 0.15) is 12.2 Å². The molecule has 0 aliphatic carbocycles. The number of piperidine rings is 1. The van der Waals surface area contributed by atoms with Gasteiger partial charge in [-0.1, -0.05) is 58.8 Å². The third kappa shape index (κ3) is 13.8. The van der Waals surface area contributed by atoms with Crippen LogP contribution in [0.5, 0.6) is 0 Å². The molecule has 3 heterocycles. The monoisotopic (exact) mass is 750 g/mol. The van der Waals surface area contributed by atoms with Gasteiger partial charge in [-0.15, -0.1) is 0 Å². The van der Waals surface area contributed by atoms with Gasteiger partial charge in [-0.2, -0.15) is 0 Å². The Balaban J connectivity index is 2.04. The van der Waals surface area contributed by atoms with Crippen LogP contribution in [0.15, 0.2) is 23.8 Å². The van der Waals surface area contributed by atoms with Crippen LogP contribution < -0.4 is 0 Å². The number of carbonyl (C=O) groups excluding carboxylic acids is 2. The van der Waals surface area contributed by atoms with Crippen molar-refractivity contribution in [2.45, 2.75) is 155 Å². The summed E-state index contributed by atoms with van der Waals surface area (Å²) in [5, 5.41) is 34.3. The van der Waals surface area contributed by atoms with Crippen molar-refractivity contribution in [1.82, 2.24) is 14.7 Å². The number of aliphatic hydroxyl groups is 3. The summed E-state index contributed by atoms with van der Waals surface area (Å²) in [5.41, 5.74) is 0.941. The van der Waals surface area contributed by atoms with Gasteiger partial charge in [0, 0.05) is 24.3 Å². The lowest BCUT2D eigenvalue weighted by atomic mass is 9.79. The number of hydrogen-bond donors (Lipinski definition) is 3. The number of likely N-dealkylation sites (tertiary alicyclic amines) is 1. The van der Waals surface area contributed by atoms with E-state index in [4.69, 9.17) is 14.2 Å². The Labute approximate surface area is 321 Å². The molecule has 306 valence electrons. The van der Waals surface area contributed by atoms with E-state index in [1.54, 1.807) is 32.0 Å².